The number of methoxy groups -OCH3 is 1. The number of benzene rings is 1. The molecule has 3 aliphatic rings. The quantitative estimate of drug-likeness (QED) is 0.614. The third kappa shape index (κ3) is 3.83. The number of para-hydroxylation sites is 1. The summed E-state index contributed by atoms with van der Waals surface area (Å²) in [4.78, 5) is 18.3. The Bertz CT molecular complexity index is 1210. The Morgan fingerprint density at radius 1 is 1.06 bits per heavy atom. The van der Waals surface area contributed by atoms with Crippen LogP contribution in [0.4, 0.5) is 16.0 Å². The van der Waals surface area contributed by atoms with Gasteiger partial charge in [-0.15, -0.1) is 0 Å². The predicted molar refractivity (Wildman–Crippen MR) is 129 cm³/mol. The molecule has 2 aromatic heterocycles. The van der Waals surface area contributed by atoms with Crippen LogP contribution in [0.3, 0.4) is 0 Å². The number of hydrogen-bond acceptors (Lipinski definition) is 7. The minimum absolute atomic E-state index is 0.285. The van der Waals surface area contributed by atoms with Crippen molar-refractivity contribution in [1.29, 1.82) is 0 Å². The smallest absolute Gasteiger partial charge is 0.170 e. The molecule has 1 N–H and O–H groups in total. The van der Waals surface area contributed by atoms with E-state index in [9.17, 15) is 5.11 Å². The van der Waals surface area contributed by atoms with Gasteiger partial charge in [0.15, 0.2) is 11.5 Å². The number of aromatic nitrogens is 3. The Morgan fingerprint density at radius 2 is 1.82 bits per heavy atom. The van der Waals surface area contributed by atoms with Crippen molar-refractivity contribution >= 4 is 22.5 Å². The van der Waals surface area contributed by atoms with E-state index in [1.54, 1.807) is 13.3 Å². The van der Waals surface area contributed by atoms with Gasteiger partial charge in [-0.3, -0.25) is 0 Å². The number of ether oxygens (including phenoxy) is 1. The maximum absolute atomic E-state index is 15.0. The summed E-state index contributed by atoms with van der Waals surface area (Å²) in [5.74, 6) is 3.25. The van der Waals surface area contributed by atoms with Crippen LogP contribution in [0.2, 0.25) is 0 Å². The van der Waals surface area contributed by atoms with Crippen LogP contribution < -0.4 is 14.5 Å². The van der Waals surface area contributed by atoms with E-state index < -0.39 is 5.67 Å². The van der Waals surface area contributed by atoms with Crippen LogP contribution in [0.1, 0.15) is 49.4 Å². The maximum Gasteiger partial charge on any atom is 0.170 e. The minimum atomic E-state index is -1.41. The van der Waals surface area contributed by atoms with Crippen molar-refractivity contribution in [2.24, 2.45) is 0 Å². The topological polar surface area (TPSA) is 74.6 Å². The number of aliphatic hydroxyl groups excluding tert-OH is 1. The Balaban J connectivity index is 1.33. The highest BCUT2D eigenvalue weighted by Gasteiger charge is 2.48. The Kier molecular flexibility index (Phi) is 5.28. The third-order valence-electron chi connectivity index (χ3n) is 7.50. The van der Waals surface area contributed by atoms with Gasteiger partial charge in [-0.05, 0) is 55.7 Å². The maximum atomic E-state index is 15.0. The summed E-state index contributed by atoms with van der Waals surface area (Å²) in [7, 11) is 1.72. The molecule has 1 atom stereocenters. The van der Waals surface area contributed by atoms with Crippen molar-refractivity contribution in [2.45, 2.75) is 49.8 Å². The van der Waals surface area contributed by atoms with Crippen LogP contribution in [0.25, 0.3) is 10.9 Å². The monoisotopic (exact) mass is 463 g/mol. The van der Waals surface area contributed by atoms with Crippen molar-refractivity contribution < 1.29 is 14.2 Å². The van der Waals surface area contributed by atoms with E-state index in [1.807, 2.05) is 18.2 Å². The second kappa shape index (κ2) is 8.34. The number of piperidine rings is 1. The molecule has 0 unspecified atom stereocenters. The molecule has 2 aliphatic heterocycles. The minimum Gasteiger partial charge on any atom is -0.496 e. The van der Waals surface area contributed by atoms with Crippen molar-refractivity contribution in [2.75, 3.05) is 43.1 Å². The number of rotatable bonds is 5. The zero-order chi connectivity index (χ0) is 23.3. The molecular formula is C26H30FN5O2. The first-order valence-corrected chi connectivity index (χ1v) is 12.2. The SMILES string of the molecule is COc1ccccc1C1CCN(c2nc(C3(F)CC3)nc3cnc(N4CC[C@@H](O)C4)cc23)CC1. The molecule has 0 radical (unpaired) electrons. The standard InChI is InChI=1S/C26H30FN5O2/c1-34-22-5-3-2-4-19(22)17-6-11-31(12-7-17)24-20-14-23(32-13-8-18(33)16-32)28-15-21(20)29-25(30-24)26(27)9-10-26/h2-5,14-15,17-18,33H,6-13,16H2,1H3/t18-/m1/s1. The van der Waals surface area contributed by atoms with E-state index in [-0.39, 0.29) is 11.9 Å². The lowest BCUT2D eigenvalue weighted by atomic mass is 9.88. The van der Waals surface area contributed by atoms with E-state index in [1.165, 1.54) is 5.56 Å². The number of aliphatic hydroxyl groups is 1. The fourth-order valence-electron chi connectivity index (χ4n) is 5.31. The Hall–Kier alpha value is -3.00. The predicted octanol–water partition coefficient (Wildman–Crippen LogP) is 3.95. The molecule has 3 aromatic rings. The van der Waals surface area contributed by atoms with E-state index in [2.05, 4.69) is 31.9 Å². The van der Waals surface area contributed by atoms with Crippen LogP contribution >= 0.6 is 0 Å². The van der Waals surface area contributed by atoms with Gasteiger partial charge in [0.1, 0.15) is 17.4 Å². The fraction of sp³-hybridized carbons (Fsp3) is 0.500. The van der Waals surface area contributed by atoms with Gasteiger partial charge in [0.05, 0.1) is 24.9 Å². The summed E-state index contributed by atoms with van der Waals surface area (Å²) >= 11 is 0. The van der Waals surface area contributed by atoms with Crippen molar-refractivity contribution in [3.8, 4) is 5.75 Å². The number of halogens is 1. The van der Waals surface area contributed by atoms with Crippen molar-refractivity contribution in [1.82, 2.24) is 15.0 Å². The van der Waals surface area contributed by atoms with Crippen molar-refractivity contribution in [3.63, 3.8) is 0 Å². The fourth-order valence-corrected chi connectivity index (χ4v) is 5.31. The van der Waals surface area contributed by atoms with Gasteiger partial charge in [-0.25, -0.2) is 19.3 Å². The van der Waals surface area contributed by atoms with Crippen LogP contribution in [0, 0.1) is 0 Å². The van der Waals surface area contributed by atoms with Crippen LogP contribution in [-0.4, -0.2) is 59.5 Å². The number of fused-ring (bicyclic) bond motifs is 1. The lowest BCUT2D eigenvalue weighted by Crippen LogP contribution is -2.34. The molecule has 6 rings (SSSR count). The third-order valence-corrected chi connectivity index (χ3v) is 7.50. The van der Waals surface area contributed by atoms with E-state index in [0.29, 0.717) is 30.8 Å². The lowest BCUT2D eigenvalue weighted by molar-refractivity contribution is 0.198. The number of alkyl halides is 1. The first-order chi connectivity index (χ1) is 16.5. The van der Waals surface area contributed by atoms with Gasteiger partial charge in [-0.2, -0.15) is 0 Å². The molecule has 2 saturated heterocycles. The Labute approximate surface area is 198 Å². The first kappa shape index (κ1) is 21.5. The molecule has 0 amide bonds. The molecule has 0 bridgehead atoms. The molecule has 8 heteroatoms. The highest BCUT2D eigenvalue weighted by atomic mass is 19.1. The molecular weight excluding hydrogens is 433 g/mol. The van der Waals surface area contributed by atoms with Crippen molar-refractivity contribution in [3.05, 3.63) is 47.9 Å². The largest absolute Gasteiger partial charge is 0.496 e. The number of hydrogen-bond donors (Lipinski definition) is 1. The number of anilines is 2. The molecule has 3 fully saturated rings. The average molecular weight is 464 g/mol. The first-order valence-electron chi connectivity index (χ1n) is 12.2. The van der Waals surface area contributed by atoms with Crippen LogP contribution in [-0.2, 0) is 5.67 Å². The zero-order valence-corrected chi connectivity index (χ0v) is 19.5. The molecule has 1 aromatic carbocycles. The number of β-amino-alcohol motifs (C(OH)–C–C–N with tert-alkyl or cyclic N) is 1. The molecule has 178 valence electrons. The second-order valence-corrected chi connectivity index (χ2v) is 9.79. The van der Waals surface area contributed by atoms with Gasteiger partial charge < -0.3 is 19.6 Å². The van der Waals surface area contributed by atoms with Crippen LogP contribution in [0.15, 0.2) is 36.5 Å². The molecule has 0 spiro atoms. The molecule has 4 heterocycles. The van der Waals surface area contributed by atoms with E-state index in [0.717, 1.165) is 61.7 Å². The highest BCUT2D eigenvalue weighted by molar-refractivity contribution is 5.91. The lowest BCUT2D eigenvalue weighted by Gasteiger charge is -2.34. The molecule has 1 aliphatic carbocycles. The second-order valence-electron chi connectivity index (χ2n) is 9.79. The highest BCUT2D eigenvalue weighted by Crippen LogP contribution is 2.49. The zero-order valence-electron chi connectivity index (χ0n) is 19.5. The van der Waals surface area contributed by atoms with Gasteiger partial charge in [-0.1, -0.05) is 18.2 Å². The summed E-state index contributed by atoms with van der Waals surface area (Å²) in [6.07, 6.45) is 5.04. The summed E-state index contributed by atoms with van der Waals surface area (Å²) in [5, 5.41) is 10.9. The summed E-state index contributed by atoms with van der Waals surface area (Å²) in [6, 6.07) is 10.2. The number of pyridine rings is 1. The summed E-state index contributed by atoms with van der Waals surface area (Å²) in [5.41, 5.74) is 0.521. The summed E-state index contributed by atoms with van der Waals surface area (Å²) in [6.45, 7) is 3.00. The molecule has 1 saturated carbocycles. The van der Waals surface area contributed by atoms with Crippen LogP contribution in [0.5, 0.6) is 5.75 Å². The van der Waals surface area contributed by atoms with E-state index >= 15 is 4.39 Å². The normalized spacial score (nSPS) is 22.4. The van der Waals surface area contributed by atoms with Gasteiger partial charge in [0.2, 0.25) is 0 Å². The summed E-state index contributed by atoms with van der Waals surface area (Å²) < 4.78 is 20.6. The molecule has 7 nitrogen and oxygen atoms in total. The van der Waals surface area contributed by atoms with Gasteiger partial charge in [0, 0.05) is 31.6 Å². The molecule has 34 heavy (non-hydrogen) atoms. The average Bonchev–Trinajstić information content (AvgIpc) is 3.49. The van der Waals surface area contributed by atoms with Gasteiger partial charge >= 0.3 is 0 Å². The Morgan fingerprint density at radius 3 is 2.53 bits per heavy atom. The van der Waals surface area contributed by atoms with Gasteiger partial charge in [0.25, 0.3) is 0 Å². The number of nitrogens with zero attached hydrogens (tertiary/aromatic N) is 5. The van der Waals surface area contributed by atoms with E-state index in [4.69, 9.17) is 9.72 Å².